The smallest absolute Gasteiger partial charge is 0.350 e. The van der Waals surface area contributed by atoms with Crippen LogP contribution in [0.3, 0.4) is 0 Å². The zero-order valence-electron chi connectivity index (χ0n) is 17.1. The summed E-state index contributed by atoms with van der Waals surface area (Å²) < 4.78 is 38.0. The lowest BCUT2D eigenvalue weighted by Gasteiger charge is -2.39. The van der Waals surface area contributed by atoms with Crippen LogP contribution < -0.4 is 5.32 Å². The molecule has 1 aromatic carbocycles. The second-order valence-electron chi connectivity index (χ2n) is 8.26. The Labute approximate surface area is 169 Å². The van der Waals surface area contributed by atoms with E-state index in [0.717, 1.165) is 18.6 Å². The highest BCUT2D eigenvalue weighted by atomic mass is 19.4. The lowest BCUT2D eigenvalue weighted by molar-refractivity contribution is -0.142. The number of carbonyl (C=O) groups excluding carboxylic acids is 2. The molecular weight excluding hydrogens is 381 g/mol. The predicted octanol–water partition coefficient (Wildman–Crippen LogP) is 3.84. The van der Waals surface area contributed by atoms with E-state index in [2.05, 4.69) is 17.2 Å². The van der Waals surface area contributed by atoms with Crippen LogP contribution in [-0.2, 0) is 15.8 Å². The van der Waals surface area contributed by atoms with Crippen molar-refractivity contribution >= 4 is 11.8 Å². The Morgan fingerprint density at radius 2 is 1.72 bits per heavy atom. The first kappa shape index (κ1) is 22.8. The largest absolute Gasteiger partial charge is 0.416 e. The molecule has 2 unspecified atom stereocenters. The van der Waals surface area contributed by atoms with Gasteiger partial charge < -0.3 is 10.2 Å². The zero-order valence-corrected chi connectivity index (χ0v) is 17.1. The standard InChI is InChI=1S/C22H27F3N2O2/c1-14(2)11-18-13-27(19(12-15(3)4)21(29)26-18)20(28)10-7-16-5-8-17(9-6-16)22(23,24)25/h5-6,8-9,14-15,18-19H,11-13H2,1-4H3,(H,26,29). The van der Waals surface area contributed by atoms with Gasteiger partial charge in [-0.1, -0.05) is 33.6 Å². The molecule has 4 nitrogen and oxygen atoms in total. The molecule has 158 valence electrons. The molecule has 0 bridgehead atoms. The summed E-state index contributed by atoms with van der Waals surface area (Å²) in [4.78, 5) is 26.8. The molecule has 1 N–H and O–H groups in total. The molecular formula is C22H27F3N2O2. The number of hydrogen-bond donors (Lipinski definition) is 1. The van der Waals surface area contributed by atoms with Crippen LogP contribution in [0.1, 0.15) is 51.7 Å². The maximum absolute atomic E-state index is 12.8. The number of piperazine rings is 1. The summed E-state index contributed by atoms with van der Waals surface area (Å²) in [7, 11) is 0. The molecule has 1 fully saturated rings. The highest BCUT2D eigenvalue weighted by molar-refractivity contribution is 5.98. The fourth-order valence-corrected chi connectivity index (χ4v) is 3.40. The van der Waals surface area contributed by atoms with Crippen LogP contribution in [0.5, 0.6) is 0 Å². The number of halogens is 3. The van der Waals surface area contributed by atoms with Gasteiger partial charge in [0.25, 0.3) is 5.91 Å². The van der Waals surface area contributed by atoms with Gasteiger partial charge in [0.05, 0.1) is 5.56 Å². The third-order valence-corrected chi connectivity index (χ3v) is 4.68. The summed E-state index contributed by atoms with van der Waals surface area (Å²) >= 11 is 0. The second kappa shape index (κ2) is 9.34. The topological polar surface area (TPSA) is 49.4 Å². The van der Waals surface area contributed by atoms with E-state index in [0.29, 0.717) is 24.4 Å². The van der Waals surface area contributed by atoms with Crippen molar-refractivity contribution < 1.29 is 22.8 Å². The third kappa shape index (κ3) is 6.52. The Bertz CT molecular complexity index is 789. The molecule has 0 aliphatic carbocycles. The molecule has 7 heteroatoms. The quantitative estimate of drug-likeness (QED) is 0.770. The fourth-order valence-electron chi connectivity index (χ4n) is 3.40. The Balaban J connectivity index is 2.20. The molecule has 2 amide bonds. The molecule has 1 heterocycles. The molecule has 2 atom stereocenters. The SMILES string of the molecule is CC(C)CC1CN(C(=O)C#Cc2ccc(C(F)(F)F)cc2)C(CC(C)C)C(=O)N1. The van der Waals surface area contributed by atoms with E-state index in [9.17, 15) is 22.8 Å². The van der Waals surface area contributed by atoms with Crippen LogP contribution in [0.2, 0.25) is 0 Å². The molecule has 0 aromatic heterocycles. The number of nitrogens with zero attached hydrogens (tertiary/aromatic N) is 1. The normalized spacial score (nSPS) is 19.8. The average molecular weight is 408 g/mol. The highest BCUT2D eigenvalue weighted by Gasteiger charge is 2.37. The molecule has 1 aliphatic rings. The lowest BCUT2D eigenvalue weighted by Crippen LogP contribution is -2.61. The maximum Gasteiger partial charge on any atom is 0.416 e. The van der Waals surface area contributed by atoms with Gasteiger partial charge in [-0.3, -0.25) is 9.59 Å². The zero-order chi connectivity index (χ0) is 21.8. The fraction of sp³-hybridized carbons (Fsp3) is 0.545. The third-order valence-electron chi connectivity index (χ3n) is 4.68. The van der Waals surface area contributed by atoms with Gasteiger partial charge in [0, 0.05) is 24.1 Å². The van der Waals surface area contributed by atoms with Crippen molar-refractivity contribution in [2.45, 2.75) is 58.8 Å². The van der Waals surface area contributed by atoms with Crippen LogP contribution >= 0.6 is 0 Å². The maximum atomic E-state index is 12.8. The van der Waals surface area contributed by atoms with Gasteiger partial charge in [-0.05, 0) is 48.9 Å². The number of amides is 2. The van der Waals surface area contributed by atoms with Crippen LogP contribution in [0.25, 0.3) is 0 Å². The summed E-state index contributed by atoms with van der Waals surface area (Å²) in [6.07, 6.45) is -3.15. The predicted molar refractivity (Wildman–Crippen MR) is 105 cm³/mol. The summed E-state index contributed by atoms with van der Waals surface area (Å²) in [6, 6.07) is 3.61. The van der Waals surface area contributed by atoms with Crippen LogP contribution in [-0.4, -0.2) is 35.3 Å². The van der Waals surface area contributed by atoms with Gasteiger partial charge in [0.1, 0.15) is 6.04 Å². The average Bonchev–Trinajstić information content (AvgIpc) is 2.60. The van der Waals surface area contributed by atoms with Crippen molar-refractivity contribution in [1.29, 1.82) is 0 Å². The number of nitrogens with one attached hydrogen (secondary N) is 1. The Morgan fingerprint density at radius 3 is 2.24 bits per heavy atom. The van der Waals surface area contributed by atoms with Crippen molar-refractivity contribution in [3.05, 3.63) is 35.4 Å². The van der Waals surface area contributed by atoms with E-state index in [1.807, 2.05) is 27.7 Å². The Hall–Kier alpha value is -2.49. The number of carbonyl (C=O) groups is 2. The van der Waals surface area contributed by atoms with Gasteiger partial charge in [0.2, 0.25) is 5.91 Å². The van der Waals surface area contributed by atoms with Gasteiger partial charge in [-0.25, -0.2) is 0 Å². The summed E-state index contributed by atoms with van der Waals surface area (Å²) in [5.74, 6) is 5.03. The number of alkyl halides is 3. The summed E-state index contributed by atoms with van der Waals surface area (Å²) in [5, 5.41) is 2.99. The van der Waals surface area contributed by atoms with Gasteiger partial charge >= 0.3 is 6.18 Å². The van der Waals surface area contributed by atoms with Crippen molar-refractivity contribution in [1.82, 2.24) is 10.2 Å². The van der Waals surface area contributed by atoms with Crippen LogP contribution in [0, 0.1) is 23.7 Å². The first-order chi connectivity index (χ1) is 13.5. The molecule has 1 aromatic rings. The number of hydrogen-bond acceptors (Lipinski definition) is 2. The molecule has 0 radical (unpaired) electrons. The monoisotopic (exact) mass is 408 g/mol. The van der Waals surface area contributed by atoms with Crippen molar-refractivity contribution in [2.24, 2.45) is 11.8 Å². The molecule has 2 rings (SSSR count). The van der Waals surface area contributed by atoms with Crippen LogP contribution in [0.15, 0.2) is 24.3 Å². The van der Waals surface area contributed by atoms with E-state index >= 15 is 0 Å². The summed E-state index contributed by atoms with van der Waals surface area (Å²) in [6.45, 7) is 8.42. The van der Waals surface area contributed by atoms with Gasteiger partial charge in [0.15, 0.2) is 0 Å². The summed E-state index contributed by atoms with van der Waals surface area (Å²) in [5.41, 5.74) is -0.456. The van der Waals surface area contributed by atoms with E-state index in [-0.39, 0.29) is 17.9 Å². The molecule has 1 aliphatic heterocycles. The highest BCUT2D eigenvalue weighted by Crippen LogP contribution is 2.29. The first-order valence-electron chi connectivity index (χ1n) is 9.77. The minimum Gasteiger partial charge on any atom is -0.350 e. The molecule has 29 heavy (non-hydrogen) atoms. The van der Waals surface area contributed by atoms with Crippen molar-refractivity contribution in [3.8, 4) is 11.8 Å². The minimum absolute atomic E-state index is 0.136. The van der Waals surface area contributed by atoms with Gasteiger partial charge in [-0.2, -0.15) is 13.2 Å². The number of rotatable bonds is 4. The lowest BCUT2D eigenvalue weighted by atomic mass is 9.95. The van der Waals surface area contributed by atoms with E-state index in [1.54, 1.807) is 0 Å². The van der Waals surface area contributed by atoms with Gasteiger partial charge in [-0.15, -0.1) is 0 Å². The van der Waals surface area contributed by atoms with Crippen molar-refractivity contribution in [3.63, 3.8) is 0 Å². The molecule has 0 saturated carbocycles. The second-order valence-corrected chi connectivity index (χ2v) is 8.26. The molecule has 1 saturated heterocycles. The van der Waals surface area contributed by atoms with E-state index in [1.165, 1.54) is 17.0 Å². The van der Waals surface area contributed by atoms with Crippen LogP contribution in [0.4, 0.5) is 13.2 Å². The Kier molecular flexibility index (Phi) is 7.34. The van der Waals surface area contributed by atoms with E-state index in [4.69, 9.17) is 0 Å². The minimum atomic E-state index is -4.42. The van der Waals surface area contributed by atoms with Crippen molar-refractivity contribution in [2.75, 3.05) is 6.54 Å². The number of benzene rings is 1. The first-order valence-corrected chi connectivity index (χ1v) is 9.77. The Morgan fingerprint density at radius 1 is 1.14 bits per heavy atom. The molecule has 0 spiro atoms. The van der Waals surface area contributed by atoms with E-state index < -0.39 is 23.7 Å².